The number of carboxylic acid groups (broad SMARTS) is 1. The first-order valence-electron chi connectivity index (χ1n) is 7.09. The van der Waals surface area contributed by atoms with Gasteiger partial charge in [-0.1, -0.05) is 0 Å². The van der Waals surface area contributed by atoms with Crippen LogP contribution in [0.4, 0.5) is 0 Å². The van der Waals surface area contributed by atoms with Crippen molar-refractivity contribution in [3.63, 3.8) is 0 Å². The van der Waals surface area contributed by atoms with Gasteiger partial charge in [0.05, 0.1) is 6.61 Å². The van der Waals surface area contributed by atoms with Crippen LogP contribution >= 0.6 is 12.6 Å². The summed E-state index contributed by atoms with van der Waals surface area (Å²) in [7, 11) is 0. The fraction of sp³-hybridized carbons (Fsp3) is 0.667. The van der Waals surface area contributed by atoms with E-state index in [0.717, 1.165) is 0 Å². The molecule has 0 saturated carbocycles. The Labute approximate surface area is 144 Å². The number of amides is 2. The number of aliphatic imine (C=N–C) groups is 1. The van der Waals surface area contributed by atoms with Crippen LogP contribution in [0.2, 0.25) is 0 Å². The highest BCUT2D eigenvalue weighted by atomic mass is 32.1. The number of thiol groups is 1. The number of hydrogen-bond acceptors (Lipinski definition) is 7. The van der Waals surface area contributed by atoms with E-state index in [0.29, 0.717) is 6.42 Å². The van der Waals surface area contributed by atoms with E-state index in [-0.39, 0.29) is 24.7 Å². The van der Waals surface area contributed by atoms with Gasteiger partial charge >= 0.3 is 5.97 Å². The van der Waals surface area contributed by atoms with E-state index in [1.165, 1.54) is 0 Å². The van der Waals surface area contributed by atoms with Crippen molar-refractivity contribution in [2.45, 2.75) is 31.0 Å². The Bertz CT molecular complexity index is 471. The number of aliphatic hydroxyl groups excluding tert-OH is 1. The zero-order valence-corrected chi connectivity index (χ0v) is 13.9. The molecule has 0 rings (SSSR count). The van der Waals surface area contributed by atoms with Crippen LogP contribution in [0.1, 0.15) is 12.8 Å². The quantitative estimate of drug-likeness (QED) is 0.0791. The molecule has 0 fully saturated rings. The van der Waals surface area contributed by atoms with Crippen molar-refractivity contribution in [1.29, 1.82) is 0 Å². The van der Waals surface area contributed by atoms with Gasteiger partial charge < -0.3 is 38.0 Å². The summed E-state index contributed by atoms with van der Waals surface area (Å²) in [6.07, 6.45) is 0.434. The summed E-state index contributed by atoms with van der Waals surface area (Å²) in [5, 5.41) is 22.5. The molecule has 0 bridgehead atoms. The second-order valence-electron chi connectivity index (χ2n) is 4.88. The second-order valence-corrected chi connectivity index (χ2v) is 5.25. The number of carbonyl (C=O) groups excluding carboxylic acids is 2. The van der Waals surface area contributed by atoms with Crippen LogP contribution in [-0.4, -0.2) is 71.0 Å². The zero-order valence-electron chi connectivity index (χ0n) is 13.0. The van der Waals surface area contributed by atoms with Gasteiger partial charge in [-0.05, 0) is 12.8 Å². The molecule has 3 atom stereocenters. The number of aliphatic carboxylic acids is 1. The standard InChI is InChI=1S/C12H24N6O5S/c13-6(4-19)9(20)18-8(5-24)10(21)17-7(11(22)23)2-1-3-16-12(14)15/h6-8,19,24H,1-5,13H2,(H,17,21)(H,18,20)(H,22,23)(H4,14,15,16). The van der Waals surface area contributed by atoms with Crippen LogP contribution in [0, 0.1) is 0 Å². The molecule has 2 amide bonds. The number of guanidine groups is 1. The van der Waals surface area contributed by atoms with E-state index in [1.54, 1.807) is 0 Å². The predicted octanol–water partition coefficient (Wildman–Crippen LogP) is -3.66. The number of carboxylic acids is 1. The van der Waals surface area contributed by atoms with Crippen molar-refractivity contribution in [2.75, 3.05) is 18.9 Å². The summed E-state index contributed by atoms with van der Waals surface area (Å²) < 4.78 is 0. The van der Waals surface area contributed by atoms with Crippen LogP contribution in [0.3, 0.4) is 0 Å². The van der Waals surface area contributed by atoms with Crippen LogP contribution in [0.25, 0.3) is 0 Å². The summed E-state index contributed by atoms with van der Waals surface area (Å²) in [5.41, 5.74) is 15.6. The van der Waals surface area contributed by atoms with Crippen LogP contribution in [-0.2, 0) is 14.4 Å². The molecule has 0 aliphatic rings. The molecule has 0 radical (unpaired) electrons. The minimum atomic E-state index is -1.23. The van der Waals surface area contributed by atoms with E-state index >= 15 is 0 Å². The number of nitrogens with zero attached hydrogens (tertiary/aromatic N) is 1. The van der Waals surface area contributed by atoms with Crippen LogP contribution < -0.4 is 27.8 Å². The molecule has 0 aromatic heterocycles. The van der Waals surface area contributed by atoms with Crippen molar-refractivity contribution < 1.29 is 24.6 Å². The summed E-state index contributed by atoms with van der Waals surface area (Å²) in [6.45, 7) is -0.366. The molecule has 0 spiro atoms. The van der Waals surface area contributed by atoms with Gasteiger partial charge in [-0.2, -0.15) is 12.6 Å². The van der Waals surface area contributed by atoms with Gasteiger partial charge in [0.15, 0.2) is 5.96 Å². The maximum atomic E-state index is 12.1. The average molecular weight is 364 g/mol. The normalized spacial score (nSPS) is 14.1. The van der Waals surface area contributed by atoms with E-state index in [4.69, 9.17) is 27.4 Å². The van der Waals surface area contributed by atoms with Crippen LogP contribution in [0.15, 0.2) is 4.99 Å². The minimum absolute atomic E-state index is 0.0734. The van der Waals surface area contributed by atoms with E-state index in [2.05, 4.69) is 28.3 Å². The Kier molecular flexibility index (Phi) is 10.5. The Balaban J connectivity index is 4.64. The molecule has 0 aliphatic carbocycles. The van der Waals surface area contributed by atoms with Gasteiger partial charge in [0.1, 0.15) is 18.1 Å². The molecule has 0 heterocycles. The largest absolute Gasteiger partial charge is 0.480 e. The van der Waals surface area contributed by atoms with Gasteiger partial charge in [-0.15, -0.1) is 0 Å². The average Bonchev–Trinajstić information content (AvgIpc) is 2.53. The SMILES string of the molecule is NC(N)=NCCCC(NC(=O)C(CS)NC(=O)C(N)CO)C(=O)O. The van der Waals surface area contributed by atoms with Crippen molar-refractivity contribution in [3.8, 4) is 0 Å². The zero-order chi connectivity index (χ0) is 18.7. The Morgan fingerprint density at radius 1 is 1.12 bits per heavy atom. The maximum Gasteiger partial charge on any atom is 0.326 e. The van der Waals surface area contributed by atoms with Gasteiger partial charge in [0.25, 0.3) is 0 Å². The summed E-state index contributed by atoms with van der Waals surface area (Å²) >= 11 is 3.94. The lowest BCUT2D eigenvalue weighted by atomic mass is 10.1. The number of nitrogens with one attached hydrogen (secondary N) is 2. The number of nitrogens with two attached hydrogens (primary N) is 3. The summed E-state index contributed by atoms with van der Waals surface area (Å²) in [6, 6.07) is -3.44. The van der Waals surface area contributed by atoms with Gasteiger partial charge in [-0.25, -0.2) is 4.79 Å². The third-order valence-corrected chi connectivity index (χ3v) is 3.27. The number of hydrogen-bond donors (Lipinski definition) is 8. The second kappa shape index (κ2) is 11.5. The first-order chi connectivity index (χ1) is 11.2. The molecule has 12 heteroatoms. The molecule has 24 heavy (non-hydrogen) atoms. The monoisotopic (exact) mass is 364 g/mol. The maximum absolute atomic E-state index is 12.1. The lowest BCUT2D eigenvalue weighted by molar-refractivity contribution is -0.142. The lowest BCUT2D eigenvalue weighted by Gasteiger charge is -2.21. The van der Waals surface area contributed by atoms with Crippen molar-refractivity contribution in [3.05, 3.63) is 0 Å². The predicted molar refractivity (Wildman–Crippen MR) is 90.3 cm³/mol. The summed E-state index contributed by atoms with van der Waals surface area (Å²) in [5.74, 6) is -2.88. The van der Waals surface area contributed by atoms with Gasteiger partial charge in [0, 0.05) is 12.3 Å². The van der Waals surface area contributed by atoms with Crippen LogP contribution in [0.5, 0.6) is 0 Å². The molecule has 0 aromatic carbocycles. The molecule has 10 N–H and O–H groups in total. The van der Waals surface area contributed by atoms with Crippen molar-refractivity contribution in [2.24, 2.45) is 22.2 Å². The van der Waals surface area contributed by atoms with Gasteiger partial charge in [-0.3, -0.25) is 14.6 Å². The van der Waals surface area contributed by atoms with Crippen molar-refractivity contribution >= 4 is 36.4 Å². The minimum Gasteiger partial charge on any atom is -0.480 e. The Morgan fingerprint density at radius 2 is 1.71 bits per heavy atom. The molecular weight excluding hydrogens is 340 g/mol. The molecule has 3 unspecified atom stereocenters. The highest BCUT2D eigenvalue weighted by Gasteiger charge is 2.26. The van der Waals surface area contributed by atoms with E-state index < -0.39 is 42.5 Å². The topological polar surface area (TPSA) is 206 Å². The summed E-state index contributed by atoms with van der Waals surface area (Å²) in [4.78, 5) is 38.6. The molecule has 0 saturated heterocycles. The number of rotatable bonds is 11. The Morgan fingerprint density at radius 3 is 2.17 bits per heavy atom. The number of aliphatic hydroxyl groups is 1. The molecule has 0 aromatic rings. The number of carbonyl (C=O) groups is 3. The highest BCUT2D eigenvalue weighted by Crippen LogP contribution is 2.00. The Hall–Kier alpha value is -2.05. The van der Waals surface area contributed by atoms with E-state index in [1.807, 2.05) is 0 Å². The third-order valence-electron chi connectivity index (χ3n) is 2.91. The molecular formula is C12H24N6O5S. The molecule has 0 aliphatic heterocycles. The highest BCUT2D eigenvalue weighted by molar-refractivity contribution is 7.80. The first kappa shape index (κ1) is 21.9. The fourth-order valence-corrected chi connectivity index (χ4v) is 1.85. The van der Waals surface area contributed by atoms with Crippen molar-refractivity contribution in [1.82, 2.24) is 10.6 Å². The van der Waals surface area contributed by atoms with Gasteiger partial charge in [0.2, 0.25) is 11.8 Å². The first-order valence-corrected chi connectivity index (χ1v) is 7.72. The lowest BCUT2D eigenvalue weighted by Crippen LogP contribution is -2.55. The molecule has 138 valence electrons. The smallest absolute Gasteiger partial charge is 0.326 e. The molecule has 11 nitrogen and oxygen atoms in total. The van der Waals surface area contributed by atoms with E-state index in [9.17, 15) is 14.4 Å². The fourth-order valence-electron chi connectivity index (χ4n) is 1.59. The third kappa shape index (κ3) is 8.55.